The molecule has 1 aliphatic carbocycles. The van der Waals surface area contributed by atoms with Gasteiger partial charge in [-0.1, -0.05) is 37.9 Å². The molecular weight excluding hydrogens is 274 g/mol. The van der Waals surface area contributed by atoms with E-state index in [9.17, 15) is 9.59 Å². The van der Waals surface area contributed by atoms with Crippen molar-refractivity contribution in [2.45, 2.75) is 51.0 Å². The van der Waals surface area contributed by atoms with Crippen LogP contribution in [0, 0.1) is 5.41 Å². The molecule has 1 atom stereocenters. The second-order valence-corrected chi connectivity index (χ2v) is 6.37. The van der Waals surface area contributed by atoms with Crippen LogP contribution >= 0.6 is 12.2 Å². The summed E-state index contributed by atoms with van der Waals surface area (Å²) in [5.41, 5.74) is 5.13. The van der Waals surface area contributed by atoms with E-state index >= 15 is 0 Å². The lowest BCUT2D eigenvalue weighted by atomic mass is 9.79. The molecule has 1 unspecified atom stereocenters. The van der Waals surface area contributed by atoms with E-state index in [4.69, 9.17) is 18.0 Å². The van der Waals surface area contributed by atoms with E-state index in [1.165, 1.54) is 0 Å². The zero-order valence-corrected chi connectivity index (χ0v) is 12.8. The van der Waals surface area contributed by atoms with Gasteiger partial charge in [0.2, 0.25) is 11.8 Å². The zero-order valence-electron chi connectivity index (χ0n) is 12.0. The molecule has 2 fully saturated rings. The van der Waals surface area contributed by atoms with Crippen molar-refractivity contribution < 1.29 is 9.59 Å². The van der Waals surface area contributed by atoms with Gasteiger partial charge in [-0.05, 0) is 19.3 Å². The van der Waals surface area contributed by atoms with Crippen molar-refractivity contribution in [3.63, 3.8) is 0 Å². The average molecular weight is 297 g/mol. The number of carbonyl (C=O) groups is 2. The number of likely N-dealkylation sites (tertiary alicyclic amines) is 1. The summed E-state index contributed by atoms with van der Waals surface area (Å²) in [6, 6.07) is -0.415. The van der Waals surface area contributed by atoms with Crippen molar-refractivity contribution in [3.05, 3.63) is 0 Å². The molecule has 2 amide bonds. The second-order valence-electron chi connectivity index (χ2n) is 5.94. The molecule has 0 aromatic rings. The van der Waals surface area contributed by atoms with E-state index in [1.54, 1.807) is 11.9 Å². The molecule has 1 saturated carbocycles. The number of nitrogens with one attached hydrogen (secondary N) is 1. The second kappa shape index (κ2) is 6.08. The summed E-state index contributed by atoms with van der Waals surface area (Å²) in [7, 11) is 1.75. The number of carbonyl (C=O) groups excluding carboxylic acids is 2. The fourth-order valence-electron chi connectivity index (χ4n) is 3.17. The lowest BCUT2D eigenvalue weighted by Gasteiger charge is -2.31. The van der Waals surface area contributed by atoms with Gasteiger partial charge in [0, 0.05) is 13.6 Å². The highest BCUT2D eigenvalue weighted by atomic mass is 32.1. The first-order valence-corrected chi connectivity index (χ1v) is 7.74. The summed E-state index contributed by atoms with van der Waals surface area (Å²) < 4.78 is 0. The molecule has 1 heterocycles. The van der Waals surface area contributed by atoms with Gasteiger partial charge in [0.25, 0.3) is 0 Å². The molecule has 5 nitrogen and oxygen atoms in total. The predicted octanol–water partition coefficient (Wildman–Crippen LogP) is 0.960. The molecule has 3 N–H and O–H groups in total. The maximum Gasteiger partial charge on any atom is 0.244 e. The highest BCUT2D eigenvalue weighted by molar-refractivity contribution is 7.80. The van der Waals surface area contributed by atoms with Crippen LogP contribution in [0.4, 0.5) is 0 Å². The maximum absolute atomic E-state index is 12.7. The van der Waals surface area contributed by atoms with Gasteiger partial charge in [-0.25, -0.2) is 0 Å². The molecule has 2 rings (SSSR count). The third-order valence-corrected chi connectivity index (χ3v) is 4.99. The van der Waals surface area contributed by atoms with Gasteiger partial charge in [-0.15, -0.1) is 0 Å². The fraction of sp³-hybridized carbons (Fsp3) is 0.786. The highest BCUT2D eigenvalue weighted by Gasteiger charge is 2.43. The van der Waals surface area contributed by atoms with Crippen molar-refractivity contribution in [2.75, 3.05) is 13.6 Å². The van der Waals surface area contributed by atoms with Gasteiger partial charge in [-0.3, -0.25) is 9.59 Å². The fourth-order valence-corrected chi connectivity index (χ4v) is 3.47. The number of rotatable bonds is 3. The number of hydrogen-bond acceptors (Lipinski definition) is 3. The lowest BCUT2D eigenvalue weighted by Crippen LogP contribution is -2.53. The number of hydrogen-bond donors (Lipinski definition) is 2. The van der Waals surface area contributed by atoms with E-state index in [0.29, 0.717) is 25.8 Å². The molecule has 1 aliphatic heterocycles. The predicted molar refractivity (Wildman–Crippen MR) is 81.1 cm³/mol. The molecule has 112 valence electrons. The zero-order chi connectivity index (χ0) is 14.8. The van der Waals surface area contributed by atoms with Gasteiger partial charge in [0.1, 0.15) is 6.04 Å². The third-order valence-electron chi connectivity index (χ3n) is 4.60. The van der Waals surface area contributed by atoms with Crippen LogP contribution in [-0.2, 0) is 9.59 Å². The minimum absolute atomic E-state index is 0.0231. The minimum atomic E-state index is -0.757. The van der Waals surface area contributed by atoms with Crippen LogP contribution in [-0.4, -0.2) is 41.3 Å². The monoisotopic (exact) mass is 297 g/mol. The van der Waals surface area contributed by atoms with Crippen molar-refractivity contribution >= 4 is 29.0 Å². The summed E-state index contributed by atoms with van der Waals surface area (Å²) >= 11 is 5.18. The molecular formula is C14H23N3O2S. The number of nitrogens with zero attached hydrogens (tertiary/aromatic N) is 1. The Balaban J connectivity index is 2.11. The SMILES string of the molecule is CN1CCC(NC(=O)C2(C(N)=S)CCCCCC2)C1=O. The third kappa shape index (κ3) is 2.80. The van der Waals surface area contributed by atoms with Gasteiger partial charge in [0.05, 0.1) is 10.4 Å². The Labute approximate surface area is 125 Å². The van der Waals surface area contributed by atoms with Crippen LogP contribution in [0.25, 0.3) is 0 Å². The van der Waals surface area contributed by atoms with E-state index < -0.39 is 11.5 Å². The molecule has 6 heteroatoms. The van der Waals surface area contributed by atoms with Crippen molar-refractivity contribution in [2.24, 2.45) is 11.1 Å². The largest absolute Gasteiger partial charge is 0.392 e. The molecule has 0 spiro atoms. The molecule has 0 radical (unpaired) electrons. The van der Waals surface area contributed by atoms with Crippen LogP contribution < -0.4 is 11.1 Å². The highest BCUT2D eigenvalue weighted by Crippen LogP contribution is 2.36. The van der Waals surface area contributed by atoms with E-state index in [-0.39, 0.29) is 16.8 Å². The summed E-state index contributed by atoms with van der Waals surface area (Å²) in [5.74, 6) is -0.175. The standard InChI is InChI=1S/C14H23N3O2S/c1-17-9-6-10(11(17)18)16-13(19)14(12(15)20)7-4-2-3-5-8-14/h10H,2-9H2,1H3,(H2,15,20)(H,16,19). The first-order valence-electron chi connectivity index (χ1n) is 7.33. The Morgan fingerprint density at radius 1 is 1.35 bits per heavy atom. The minimum Gasteiger partial charge on any atom is -0.392 e. The van der Waals surface area contributed by atoms with Crippen LogP contribution in [0.2, 0.25) is 0 Å². The van der Waals surface area contributed by atoms with E-state index in [2.05, 4.69) is 5.32 Å². The van der Waals surface area contributed by atoms with Crippen LogP contribution in [0.3, 0.4) is 0 Å². The number of nitrogens with two attached hydrogens (primary N) is 1. The Morgan fingerprint density at radius 3 is 2.40 bits per heavy atom. The number of thiocarbonyl (C=S) groups is 1. The molecule has 2 aliphatic rings. The molecule has 20 heavy (non-hydrogen) atoms. The lowest BCUT2D eigenvalue weighted by molar-refractivity contribution is -0.134. The van der Waals surface area contributed by atoms with Crippen LogP contribution in [0.15, 0.2) is 0 Å². The van der Waals surface area contributed by atoms with Gasteiger partial charge < -0.3 is 16.0 Å². The molecule has 1 saturated heterocycles. The quantitative estimate of drug-likeness (QED) is 0.601. The van der Waals surface area contributed by atoms with Crippen LogP contribution in [0.5, 0.6) is 0 Å². The normalized spacial score (nSPS) is 26.1. The first kappa shape index (κ1) is 15.2. The Kier molecular flexibility index (Phi) is 4.62. The Morgan fingerprint density at radius 2 is 1.95 bits per heavy atom. The first-order chi connectivity index (χ1) is 9.47. The van der Waals surface area contributed by atoms with Crippen molar-refractivity contribution in [1.82, 2.24) is 10.2 Å². The smallest absolute Gasteiger partial charge is 0.244 e. The Bertz CT molecular complexity index is 417. The number of amides is 2. The molecule has 0 aromatic carbocycles. The van der Waals surface area contributed by atoms with Gasteiger partial charge in [0.15, 0.2) is 0 Å². The summed E-state index contributed by atoms with van der Waals surface area (Å²) in [6.45, 7) is 0.684. The van der Waals surface area contributed by atoms with Crippen molar-refractivity contribution in [1.29, 1.82) is 0 Å². The maximum atomic E-state index is 12.7. The van der Waals surface area contributed by atoms with E-state index in [0.717, 1.165) is 25.7 Å². The average Bonchev–Trinajstić information content (AvgIpc) is 2.65. The summed E-state index contributed by atoms with van der Waals surface area (Å²) in [5, 5.41) is 2.88. The topological polar surface area (TPSA) is 75.4 Å². The molecule has 0 bridgehead atoms. The summed E-state index contributed by atoms with van der Waals surface area (Å²) in [6.07, 6.45) is 6.21. The van der Waals surface area contributed by atoms with E-state index in [1.807, 2.05) is 0 Å². The van der Waals surface area contributed by atoms with Gasteiger partial charge >= 0.3 is 0 Å². The number of likely N-dealkylation sites (N-methyl/N-ethyl adjacent to an activating group) is 1. The van der Waals surface area contributed by atoms with Gasteiger partial charge in [-0.2, -0.15) is 0 Å². The summed E-state index contributed by atoms with van der Waals surface area (Å²) in [4.78, 5) is 26.5. The Hall–Kier alpha value is -1.17. The van der Waals surface area contributed by atoms with Crippen LogP contribution in [0.1, 0.15) is 44.9 Å². The van der Waals surface area contributed by atoms with Crippen molar-refractivity contribution in [3.8, 4) is 0 Å². The molecule has 0 aromatic heterocycles.